The topological polar surface area (TPSA) is 45.5 Å². The van der Waals surface area contributed by atoms with Crippen molar-refractivity contribution >= 4 is 11.6 Å². The summed E-state index contributed by atoms with van der Waals surface area (Å²) >= 11 is 0. The molecule has 33 heavy (non-hydrogen) atoms. The summed E-state index contributed by atoms with van der Waals surface area (Å²) in [6, 6.07) is 11.3. The summed E-state index contributed by atoms with van der Waals surface area (Å²) < 4.78 is 59.9. The minimum absolute atomic E-state index is 0.0608. The SMILES string of the molecule is CN(CC(F)F)c1cc(F)ccc1-c1ccc(-c2ccc(F)c(C(=O)NC34CC(C3)C4)c2)o1. The molecule has 6 rings (SSSR count). The molecule has 3 fully saturated rings. The maximum Gasteiger partial charge on any atom is 0.255 e. The molecule has 2 bridgehead atoms. The van der Waals surface area contributed by atoms with Gasteiger partial charge in [0.25, 0.3) is 12.3 Å². The number of nitrogens with one attached hydrogen (secondary N) is 1. The molecule has 1 heterocycles. The Morgan fingerprint density at radius 1 is 1.09 bits per heavy atom. The quantitative estimate of drug-likeness (QED) is 0.450. The van der Waals surface area contributed by atoms with Crippen LogP contribution in [0.5, 0.6) is 0 Å². The summed E-state index contributed by atoms with van der Waals surface area (Å²) in [5, 5.41) is 2.95. The molecular weight excluding hydrogens is 436 g/mol. The van der Waals surface area contributed by atoms with E-state index in [1.165, 1.54) is 48.3 Å². The summed E-state index contributed by atoms with van der Waals surface area (Å²) in [6.07, 6.45) is 0.248. The van der Waals surface area contributed by atoms with Crippen molar-refractivity contribution < 1.29 is 26.8 Å². The molecule has 3 saturated carbocycles. The van der Waals surface area contributed by atoms with E-state index in [-0.39, 0.29) is 16.8 Å². The van der Waals surface area contributed by atoms with Crippen molar-refractivity contribution in [3.8, 4) is 22.6 Å². The fraction of sp³-hybridized carbons (Fsp3) is 0.320. The van der Waals surface area contributed by atoms with Crippen molar-refractivity contribution in [2.24, 2.45) is 5.92 Å². The van der Waals surface area contributed by atoms with Gasteiger partial charge in [-0.1, -0.05) is 0 Å². The molecule has 0 spiro atoms. The molecular formula is C25H22F4N2O2. The van der Waals surface area contributed by atoms with Gasteiger partial charge in [0.05, 0.1) is 17.8 Å². The van der Waals surface area contributed by atoms with Gasteiger partial charge in [0, 0.05) is 23.7 Å². The molecule has 172 valence electrons. The number of benzene rings is 2. The Hall–Kier alpha value is -3.29. The third-order valence-corrected chi connectivity index (χ3v) is 6.57. The summed E-state index contributed by atoms with van der Waals surface area (Å²) in [4.78, 5) is 13.9. The number of furan rings is 1. The van der Waals surface area contributed by atoms with Crippen LogP contribution in [0.4, 0.5) is 23.2 Å². The van der Waals surface area contributed by atoms with Crippen LogP contribution in [-0.2, 0) is 0 Å². The summed E-state index contributed by atoms with van der Waals surface area (Å²) in [5.41, 5.74) is 0.957. The fourth-order valence-corrected chi connectivity index (χ4v) is 4.76. The van der Waals surface area contributed by atoms with Gasteiger partial charge in [-0.05, 0) is 73.7 Å². The molecule has 0 atom stereocenters. The Labute approximate surface area is 188 Å². The van der Waals surface area contributed by atoms with Gasteiger partial charge in [-0.3, -0.25) is 4.79 Å². The highest BCUT2D eigenvalue weighted by molar-refractivity contribution is 5.96. The molecule has 0 unspecified atom stereocenters. The van der Waals surface area contributed by atoms with Crippen molar-refractivity contribution in [1.29, 1.82) is 0 Å². The highest BCUT2D eigenvalue weighted by atomic mass is 19.3. The van der Waals surface area contributed by atoms with Crippen molar-refractivity contribution in [2.45, 2.75) is 31.2 Å². The lowest BCUT2D eigenvalue weighted by Crippen LogP contribution is -2.68. The molecule has 3 aromatic rings. The van der Waals surface area contributed by atoms with Crippen LogP contribution in [0, 0.1) is 17.6 Å². The first-order valence-corrected chi connectivity index (χ1v) is 10.7. The summed E-state index contributed by atoms with van der Waals surface area (Å²) in [6.45, 7) is -0.567. The van der Waals surface area contributed by atoms with Gasteiger partial charge in [0.15, 0.2) is 0 Å². The van der Waals surface area contributed by atoms with Crippen LogP contribution < -0.4 is 10.2 Å². The first-order chi connectivity index (χ1) is 15.7. The Morgan fingerprint density at radius 3 is 2.48 bits per heavy atom. The monoisotopic (exact) mass is 458 g/mol. The van der Waals surface area contributed by atoms with E-state index in [0.29, 0.717) is 28.6 Å². The second-order valence-electron chi connectivity index (χ2n) is 9.00. The third kappa shape index (κ3) is 3.98. The summed E-state index contributed by atoms with van der Waals surface area (Å²) in [5.74, 6) is -0.238. The van der Waals surface area contributed by atoms with Crippen LogP contribution in [0.2, 0.25) is 0 Å². The van der Waals surface area contributed by atoms with Crippen molar-refractivity contribution in [3.05, 3.63) is 65.7 Å². The Morgan fingerprint density at radius 2 is 1.82 bits per heavy atom. The second kappa shape index (κ2) is 7.93. The highest BCUT2D eigenvalue weighted by Crippen LogP contribution is 2.57. The minimum atomic E-state index is -2.59. The Kier molecular flexibility index (Phi) is 5.18. The average molecular weight is 458 g/mol. The molecule has 3 aliphatic carbocycles. The first kappa shape index (κ1) is 21.6. The molecule has 1 amide bonds. The van der Waals surface area contributed by atoms with Gasteiger partial charge < -0.3 is 14.6 Å². The van der Waals surface area contributed by atoms with Gasteiger partial charge in [0.1, 0.15) is 23.2 Å². The first-order valence-electron chi connectivity index (χ1n) is 10.7. The number of alkyl halides is 2. The molecule has 1 N–H and O–H groups in total. The van der Waals surface area contributed by atoms with E-state index >= 15 is 0 Å². The normalized spacial score (nSPS) is 20.8. The average Bonchev–Trinajstić information content (AvgIpc) is 3.19. The molecule has 0 aliphatic heterocycles. The van der Waals surface area contributed by atoms with Crippen LogP contribution >= 0.6 is 0 Å². The fourth-order valence-electron chi connectivity index (χ4n) is 4.76. The van der Waals surface area contributed by atoms with E-state index < -0.39 is 30.5 Å². The Balaban J connectivity index is 1.43. The summed E-state index contributed by atoms with van der Waals surface area (Å²) in [7, 11) is 1.45. The number of carbonyl (C=O) groups excluding carboxylic acids is 1. The lowest BCUT2D eigenvalue weighted by Gasteiger charge is -2.61. The minimum Gasteiger partial charge on any atom is -0.456 e. The zero-order valence-electron chi connectivity index (χ0n) is 17.9. The maximum absolute atomic E-state index is 14.4. The zero-order valence-corrected chi connectivity index (χ0v) is 17.9. The van der Waals surface area contributed by atoms with Gasteiger partial charge >= 0.3 is 0 Å². The maximum atomic E-state index is 14.4. The van der Waals surface area contributed by atoms with Crippen LogP contribution in [0.15, 0.2) is 52.9 Å². The van der Waals surface area contributed by atoms with Crippen molar-refractivity contribution in [2.75, 3.05) is 18.5 Å². The number of hydrogen-bond donors (Lipinski definition) is 1. The van der Waals surface area contributed by atoms with Crippen LogP contribution in [0.25, 0.3) is 22.6 Å². The molecule has 2 aromatic carbocycles. The standard InChI is InChI=1S/C25H22F4N2O2/c1-31(13-23(28)29)20-9-16(26)3-4-17(20)22-7-6-21(33-22)15-2-5-19(27)18(8-15)24(32)30-25-10-14(11-25)12-25/h2-9,14,23H,10-13H2,1H3,(H,30,32). The number of anilines is 1. The lowest BCUT2D eigenvalue weighted by atomic mass is 9.50. The molecule has 8 heteroatoms. The van der Waals surface area contributed by atoms with E-state index in [4.69, 9.17) is 4.42 Å². The van der Waals surface area contributed by atoms with E-state index in [9.17, 15) is 22.4 Å². The predicted octanol–water partition coefficient (Wildman–Crippen LogP) is 5.88. The molecule has 1 aromatic heterocycles. The molecule has 0 radical (unpaired) electrons. The van der Waals surface area contributed by atoms with Gasteiger partial charge in [-0.25, -0.2) is 17.6 Å². The Bertz CT molecular complexity index is 1210. The number of halogens is 4. The van der Waals surface area contributed by atoms with Crippen LogP contribution in [0.3, 0.4) is 0 Å². The number of rotatable bonds is 7. The number of carbonyl (C=O) groups is 1. The van der Waals surface area contributed by atoms with Gasteiger partial charge in [-0.15, -0.1) is 0 Å². The van der Waals surface area contributed by atoms with Gasteiger partial charge in [-0.2, -0.15) is 0 Å². The molecule has 0 saturated heterocycles. The third-order valence-electron chi connectivity index (χ3n) is 6.57. The van der Waals surface area contributed by atoms with Crippen LogP contribution in [-0.4, -0.2) is 31.5 Å². The second-order valence-corrected chi connectivity index (χ2v) is 9.00. The van der Waals surface area contributed by atoms with E-state index in [2.05, 4.69) is 5.32 Å². The van der Waals surface area contributed by atoms with Crippen molar-refractivity contribution in [3.63, 3.8) is 0 Å². The predicted molar refractivity (Wildman–Crippen MR) is 116 cm³/mol. The largest absolute Gasteiger partial charge is 0.456 e. The van der Waals surface area contributed by atoms with Crippen LogP contribution in [0.1, 0.15) is 29.6 Å². The smallest absolute Gasteiger partial charge is 0.255 e. The number of amides is 1. The highest BCUT2D eigenvalue weighted by Gasteiger charge is 2.57. The van der Waals surface area contributed by atoms with E-state index in [1.807, 2.05) is 0 Å². The molecule has 4 nitrogen and oxygen atoms in total. The van der Waals surface area contributed by atoms with E-state index in [1.54, 1.807) is 12.1 Å². The van der Waals surface area contributed by atoms with Crippen molar-refractivity contribution in [1.82, 2.24) is 5.32 Å². The van der Waals surface area contributed by atoms with E-state index in [0.717, 1.165) is 19.3 Å². The number of nitrogens with zero attached hydrogens (tertiary/aromatic N) is 1. The lowest BCUT2D eigenvalue weighted by molar-refractivity contribution is -0.0439. The van der Waals surface area contributed by atoms with Gasteiger partial charge in [0.2, 0.25) is 0 Å². The molecule has 3 aliphatic rings. The zero-order chi connectivity index (χ0) is 23.3. The number of hydrogen-bond acceptors (Lipinski definition) is 3.